The van der Waals surface area contributed by atoms with Crippen molar-refractivity contribution >= 4 is 23.4 Å². The van der Waals surface area contributed by atoms with Gasteiger partial charge < -0.3 is 9.84 Å². The summed E-state index contributed by atoms with van der Waals surface area (Å²) in [6.45, 7) is 4.07. The number of likely N-dealkylation sites (tertiary alicyclic amines) is 1. The van der Waals surface area contributed by atoms with Crippen LogP contribution in [0.15, 0.2) is 18.2 Å². The van der Waals surface area contributed by atoms with Crippen molar-refractivity contribution in [3.8, 4) is 0 Å². The lowest BCUT2D eigenvalue weighted by molar-refractivity contribution is -0.131. The summed E-state index contributed by atoms with van der Waals surface area (Å²) < 4.78 is 5.21. The number of thiophene rings is 1. The highest BCUT2D eigenvalue weighted by Gasteiger charge is 2.19. The van der Waals surface area contributed by atoms with Gasteiger partial charge in [0.1, 0.15) is 0 Å². The van der Waals surface area contributed by atoms with Crippen molar-refractivity contribution in [2.45, 2.75) is 19.4 Å². The van der Waals surface area contributed by atoms with Crippen LogP contribution in [0, 0.1) is 5.92 Å². The summed E-state index contributed by atoms with van der Waals surface area (Å²) in [7, 11) is 1.77. The highest BCUT2D eigenvalue weighted by molar-refractivity contribution is 7.12. The minimum atomic E-state index is -0.903. The Balaban J connectivity index is 1.81. The lowest BCUT2D eigenvalue weighted by atomic mass is 9.98. The molecule has 0 saturated carbocycles. The molecule has 0 radical (unpaired) electrons. The minimum Gasteiger partial charge on any atom is -0.478 e. The van der Waals surface area contributed by atoms with E-state index in [1.807, 2.05) is 6.07 Å². The van der Waals surface area contributed by atoms with Gasteiger partial charge in [-0.25, -0.2) is 4.79 Å². The van der Waals surface area contributed by atoms with Crippen molar-refractivity contribution < 1.29 is 14.6 Å². The molecular weight excluding hydrogens is 274 g/mol. The average Bonchev–Trinajstić information content (AvgIpc) is 2.87. The number of hydrogen-bond donors (Lipinski definition) is 1. The Morgan fingerprint density at radius 3 is 2.90 bits per heavy atom. The van der Waals surface area contributed by atoms with E-state index in [9.17, 15) is 4.79 Å². The second-order valence-electron chi connectivity index (χ2n) is 5.15. The Hall–Kier alpha value is -1.17. The van der Waals surface area contributed by atoms with Crippen LogP contribution in [0.3, 0.4) is 0 Å². The Kier molecular flexibility index (Phi) is 5.76. The third kappa shape index (κ3) is 4.74. The predicted octanol–water partition coefficient (Wildman–Crippen LogP) is 2.70. The Labute approximate surface area is 123 Å². The van der Waals surface area contributed by atoms with Gasteiger partial charge in [0.05, 0.1) is 0 Å². The van der Waals surface area contributed by atoms with Crippen molar-refractivity contribution in [3.63, 3.8) is 0 Å². The first-order chi connectivity index (χ1) is 9.67. The molecule has 0 aromatic carbocycles. The van der Waals surface area contributed by atoms with Crippen LogP contribution in [0.25, 0.3) is 6.08 Å². The van der Waals surface area contributed by atoms with Gasteiger partial charge in [-0.1, -0.05) is 0 Å². The van der Waals surface area contributed by atoms with E-state index in [2.05, 4.69) is 11.0 Å². The van der Waals surface area contributed by atoms with E-state index in [4.69, 9.17) is 9.84 Å². The number of nitrogens with zero attached hydrogens (tertiary/aromatic N) is 1. The first-order valence-corrected chi connectivity index (χ1v) is 7.70. The number of piperidine rings is 1. The summed E-state index contributed by atoms with van der Waals surface area (Å²) in [4.78, 5) is 15.2. The van der Waals surface area contributed by atoms with Crippen LogP contribution in [0.4, 0.5) is 0 Å². The Morgan fingerprint density at radius 2 is 2.25 bits per heavy atom. The summed E-state index contributed by atoms with van der Waals surface area (Å²) in [6.07, 6.45) is 5.24. The van der Waals surface area contributed by atoms with Crippen LogP contribution in [0.2, 0.25) is 0 Å². The topological polar surface area (TPSA) is 49.8 Å². The third-order valence-corrected chi connectivity index (χ3v) is 4.60. The van der Waals surface area contributed by atoms with Crippen LogP contribution < -0.4 is 0 Å². The average molecular weight is 295 g/mol. The molecule has 1 saturated heterocycles. The summed E-state index contributed by atoms with van der Waals surface area (Å²) >= 11 is 1.66. The summed E-state index contributed by atoms with van der Waals surface area (Å²) in [6, 6.07) is 4.07. The number of rotatable bonds is 6. The van der Waals surface area contributed by atoms with Crippen molar-refractivity contribution in [2.24, 2.45) is 5.92 Å². The molecule has 1 aliphatic rings. The molecule has 20 heavy (non-hydrogen) atoms. The van der Waals surface area contributed by atoms with Crippen LogP contribution >= 0.6 is 11.3 Å². The fourth-order valence-corrected chi connectivity index (χ4v) is 3.45. The van der Waals surface area contributed by atoms with E-state index in [1.54, 1.807) is 24.5 Å². The molecule has 1 N–H and O–H groups in total. The van der Waals surface area contributed by atoms with Crippen molar-refractivity contribution in [2.75, 3.05) is 26.8 Å². The molecule has 110 valence electrons. The normalized spacial score (nSPS) is 17.9. The number of hydrogen-bond acceptors (Lipinski definition) is 4. The van der Waals surface area contributed by atoms with Gasteiger partial charge in [-0.2, -0.15) is 0 Å². The molecule has 5 heteroatoms. The van der Waals surface area contributed by atoms with Crippen molar-refractivity contribution in [3.05, 3.63) is 28.0 Å². The first-order valence-electron chi connectivity index (χ1n) is 6.88. The van der Waals surface area contributed by atoms with E-state index in [0.29, 0.717) is 5.92 Å². The third-order valence-electron chi connectivity index (χ3n) is 3.56. The molecule has 1 aliphatic heterocycles. The van der Waals surface area contributed by atoms with Crippen LogP contribution in [0.1, 0.15) is 22.6 Å². The molecule has 0 aliphatic carbocycles. The Morgan fingerprint density at radius 1 is 1.50 bits per heavy atom. The lowest BCUT2D eigenvalue weighted by Gasteiger charge is -2.31. The number of methoxy groups -OCH3 is 1. The zero-order valence-corrected chi connectivity index (χ0v) is 12.6. The smallest absolute Gasteiger partial charge is 0.328 e. The van der Waals surface area contributed by atoms with Crippen LogP contribution in [-0.2, 0) is 16.1 Å². The molecule has 1 fully saturated rings. The molecule has 0 amide bonds. The second-order valence-corrected chi connectivity index (χ2v) is 6.35. The van der Waals surface area contributed by atoms with Gasteiger partial charge in [-0.3, -0.25) is 4.90 Å². The fraction of sp³-hybridized carbons (Fsp3) is 0.533. The van der Waals surface area contributed by atoms with Crippen molar-refractivity contribution in [1.82, 2.24) is 4.90 Å². The minimum absolute atomic E-state index is 0.702. The molecule has 2 heterocycles. The maximum Gasteiger partial charge on any atom is 0.328 e. The number of carboxylic acids is 1. The number of aliphatic carboxylic acids is 1. The molecule has 1 aromatic heterocycles. The largest absolute Gasteiger partial charge is 0.478 e. The fourth-order valence-electron chi connectivity index (χ4n) is 2.49. The molecule has 1 aromatic rings. The van der Waals surface area contributed by atoms with E-state index in [0.717, 1.165) is 31.1 Å². The molecule has 0 atom stereocenters. The van der Waals surface area contributed by atoms with E-state index < -0.39 is 5.97 Å². The molecule has 4 nitrogen and oxygen atoms in total. The van der Waals surface area contributed by atoms with Gasteiger partial charge in [0.25, 0.3) is 0 Å². The molecule has 2 rings (SSSR count). The molecular formula is C15H21NO3S. The van der Waals surface area contributed by atoms with Gasteiger partial charge >= 0.3 is 5.97 Å². The molecule has 0 spiro atoms. The summed E-state index contributed by atoms with van der Waals surface area (Å²) in [5.74, 6) is -0.200. The monoisotopic (exact) mass is 295 g/mol. The molecule has 0 unspecified atom stereocenters. The number of carbonyl (C=O) groups is 1. The quantitative estimate of drug-likeness (QED) is 0.820. The number of carboxylic acid groups (broad SMARTS) is 1. The lowest BCUT2D eigenvalue weighted by Crippen LogP contribution is -2.34. The zero-order valence-electron chi connectivity index (χ0n) is 11.7. The zero-order chi connectivity index (χ0) is 14.4. The van der Waals surface area contributed by atoms with Crippen LogP contribution in [-0.4, -0.2) is 42.8 Å². The van der Waals surface area contributed by atoms with Gasteiger partial charge in [0, 0.05) is 36.1 Å². The van der Waals surface area contributed by atoms with Crippen molar-refractivity contribution in [1.29, 1.82) is 0 Å². The second kappa shape index (κ2) is 7.57. The number of ether oxygens (including phenoxy) is 1. The highest BCUT2D eigenvalue weighted by Crippen LogP contribution is 2.23. The standard InChI is InChI=1S/C15H21NO3S/c1-19-11-12-6-8-16(9-7-12)10-14-3-2-13(20-14)4-5-15(17)18/h2-5,12H,6-11H2,1H3,(H,17,18). The SMILES string of the molecule is COCC1CCN(Cc2ccc(C=CC(=O)O)s2)CC1. The summed E-state index contributed by atoms with van der Waals surface area (Å²) in [5, 5.41) is 8.61. The Bertz CT molecular complexity index is 461. The maximum atomic E-state index is 10.5. The van der Waals surface area contributed by atoms with Gasteiger partial charge in [-0.15, -0.1) is 11.3 Å². The van der Waals surface area contributed by atoms with E-state index in [1.165, 1.54) is 23.8 Å². The van der Waals surface area contributed by atoms with Gasteiger partial charge in [0.15, 0.2) is 0 Å². The van der Waals surface area contributed by atoms with Crippen LogP contribution in [0.5, 0.6) is 0 Å². The summed E-state index contributed by atoms with van der Waals surface area (Å²) in [5.41, 5.74) is 0. The first kappa shape index (κ1) is 15.2. The predicted molar refractivity (Wildman–Crippen MR) is 80.9 cm³/mol. The highest BCUT2D eigenvalue weighted by atomic mass is 32.1. The maximum absolute atomic E-state index is 10.5. The van der Waals surface area contributed by atoms with E-state index in [-0.39, 0.29) is 0 Å². The van der Waals surface area contributed by atoms with Gasteiger partial charge in [-0.05, 0) is 50.1 Å². The van der Waals surface area contributed by atoms with E-state index >= 15 is 0 Å². The molecule has 0 bridgehead atoms. The van der Waals surface area contributed by atoms with Gasteiger partial charge in [0.2, 0.25) is 0 Å².